The van der Waals surface area contributed by atoms with E-state index in [0.717, 1.165) is 49.0 Å². The molecule has 1 aliphatic heterocycles. The van der Waals surface area contributed by atoms with E-state index in [1.807, 2.05) is 6.07 Å². The lowest BCUT2D eigenvalue weighted by Crippen LogP contribution is -2.44. The average molecular weight is 299 g/mol. The Balaban J connectivity index is 2.09. The number of ether oxygens (including phenoxy) is 1. The molecule has 0 spiro atoms. The van der Waals surface area contributed by atoms with Crippen LogP contribution in [0.15, 0.2) is 29.5 Å². The SMILES string of the molecule is CCCCc1cc(N=O)c2c(c1)OC(C)(C)C1CCC=CC21. The minimum absolute atomic E-state index is 0.202. The molecular formula is C19H25NO2. The Kier molecular flexibility index (Phi) is 4.07. The van der Waals surface area contributed by atoms with Crippen LogP contribution in [-0.4, -0.2) is 5.60 Å². The standard InChI is InChI=1S/C19H25NO2/c1-4-5-8-13-11-16(20-21)18-14-9-6-7-10-15(14)19(2,3)22-17(18)12-13/h6,9,11-12,14-15H,4-5,7-8,10H2,1-3H3. The number of hydrogen-bond donors (Lipinski definition) is 0. The van der Waals surface area contributed by atoms with Crippen molar-refractivity contribution in [1.82, 2.24) is 0 Å². The predicted molar refractivity (Wildman–Crippen MR) is 89.8 cm³/mol. The van der Waals surface area contributed by atoms with E-state index in [4.69, 9.17) is 4.74 Å². The number of fused-ring (bicyclic) bond motifs is 3. The van der Waals surface area contributed by atoms with Gasteiger partial charge in [0.1, 0.15) is 17.0 Å². The summed E-state index contributed by atoms with van der Waals surface area (Å²) in [4.78, 5) is 11.4. The maximum absolute atomic E-state index is 11.4. The molecule has 0 radical (unpaired) electrons. The molecule has 2 atom stereocenters. The van der Waals surface area contributed by atoms with Gasteiger partial charge in [-0.2, -0.15) is 0 Å². The van der Waals surface area contributed by atoms with Crippen LogP contribution in [0.3, 0.4) is 0 Å². The minimum Gasteiger partial charge on any atom is -0.487 e. The summed E-state index contributed by atoms with van der Waals surface area (Å²) in [5.74, 6) is 1.52. The lowest BCUT2D eigenvalue weighted by molar-refractivity contribution is 0.0126. The third-order valence-electron chi connectivity index (χ3n) is 5.12. The third kappa shape index (κ3) is 2.57. The molecular weight excluding hydrogens is 274 g/mol. The average Bonchev–Trinajstić information content (AvgIpc) is 2.51. The van der Waals surface area contributed by atoms with Gasteiger partial charge in [0.15, 0.2) is 0 Å². The highest BCUT2D eigenvalue weighted by Gasteiger charge is 2.44. The van der Waals surface area contributed by atoms with Crippen LogP contribution in [0.4, 0.5) is 5.69 Å². The summed E-state index contributed by atoms with van der Waals surface area (Å²) in [7, 11) is 0. The number of unbranched alkanes of at least 4 members (excludes halogenated alkanes) is 1. The van der Waals surface area contributed by atoms with Gasteiger partial charge in [-0.05, 0) is 62.4 Å². The molecule has 3 heteroatoms. The Morgan fingerprint density at radius 2 is 2.18 bits per heavy atom. The largest absolute Gasteiger partial charge is 0.487 e. The first-order valence-corrected chi connectivity index (χ1v) is 8.42. The quantitative estimate of drug-likeness (QED) is 0.532. The Hall–Kier alpha value is -1.64. The molecule has 3 nitrogen and oxygen atoms in total. The van der Waals surface area contributed by atoms with E-state index in [9.17, 15) is 4.91 Å². The van der Waals surface area contributed by atoms with Crippen LogP contribution in [0, 0.1) is 10.8 Å². The van der Waals surface area contributed by atoms with Gasteiger partial charge in [0.05, 0.1) is 0 Å². The molecule has 0 amide bonds. The Morgan fingerprint density at radius 3 is 2.91 bits per heavy atom. The summed E-state index contributed by atoms with van der Waals surface area (Å²) in [6.45, 7) is 6.51. The molecule has 0 saturated heterocycles. The van der Waals surface area contributed by atoms with Crippen LogP contribution in [0.5, 0.6) is 5.75 Å². The maximum atomic E-state index is 11.4. The molecule has 3 rings (SSSR count). The number of nitroso groups, excluding NO2 is 1. The number of allylic oxidation sites excluding steroid dienone is 2. The summed E-state index contributed by atoms with van der Waals surface area (Å²) in [5.41, 5.74) is 2.52. The Morgan fingerprint density at radius 1 is 1.36 bits per heavy atom. The van der Waals surface area contributed by atoms with E-state index in [2.05, 4.69) is 44.2 Å². The first kappa shape index (κ1) is 15.3. The van der Waals surface area contributed by atoms with E-state index in [-0.39, 0.29) is 11.5 Å². The molecule has 2 aliphatic rings. The van der Waals surface area contributed by atoms with E-state index in [0.29, 0.717) is 11.6 Å². The van der Waals surface area contributed by atoms with E-state index in [1.165, 1.54) is 0 Å². The Bertz CT molecular complexity index is 604. The summed E-state index contributed by atoms with van der Waals surface area (Å²) in [5, 5.41) is 3.33. The van der Waals surface area contributed by atoms with Crippen LogP contribution >= 0.6 is 0 Å². The molecule has 1 aromatic carbocycles. The van der Waals surface area contributed by atoms with E-state index >= 15 is 0 Å². The van der Waals surface area contributed by atoms with Crippen molar-refractivity contribution in [2.45, 2.75) is 64.4 Å². The third-order valence-corrected chi connectivity index (χ3v) is 5.12. The highest BCUT2D eigenvalue weighted by molar-refractivity contribution is 5.61. The van der Waals surface area contributed by atoms with Gasteiger partial charge < -0.3 is 4.74 Å². The fourth-order valence-electron chi connectivity index (χ4n) is 3.96. The van der Waals surface area contributed by atoms with Crippen molar-refractivity contribution < 1.29 is 4.74 Å². The molecule has 1 aromatic rings. The van der Waals surface area contributed by atoms with Crippen molar-refractivity contribution >= 4 is 5.69 Å². The molecule has 0 N–H and O–H groups in total. The molecule has 0 saturated carbocycles. The zero-order chi connectivity index (χ0) is 15.7. The number of aryl methyl sites for hydroxylation is 1. The van der Waals surface area contributed by atoms with Gasteiger partial charge in [-0.1, -0.05) is 25.5 Å². The molecule has 118 valence electrons. The number of benzene rings is 1. The van der Waals surface area contributed by atoms with Crippen molar-refractivity contribution in [1.29, 1.82) is 0 Å². The zero-order valence-corrected chi connectivity index (χ0v) is 13.8. The van der Waals surface area contributed by atoms with Crippen LogP contribution in [0.1, 0.15) is 63.5 Å². The van der Waals surface area contributed by atoms with Gasteiger partial charge in [0.25, 0.3) is 0 Å². The maximum Gasteiger partial charge on any atom is 0.126 e. The van der Waals surface area contributed by atoms with Gasteiger partial charge in [-0.25, -0.2) is 0 Å². The van der Waals surface area contributed by atoms with Crippen molar-refractivity contribution in [2.24, 2.45) is 11.1 Å². The highest BCUT2D eigenvalue weighted by atomic mass is 16.5. The van der Waals surface area contributed by atoms with Crippen molar-refractivity contribution in [3.05, 3.63) is 40.3 Å². The van der Waals surface area contributed by atoms with Crippen LogP contribution in [0.2, 0.25) is 0 Å². The normalized spacial score (nSPS) is 25.0. The first-order chi connectivity index (χ1) is 10.6. The van der Waals surface area contributed by atoms with Crippen molar-refractivity contribution in [3.63, 3.8) is 0 Å². The lowest BCUT2D eigenvalue weighted by Gasteiger charge is -2.46. The predicted octanol–water partition coefficient (Wildman–Crippen LogP) is 5.65. The fourth-order valence-corrected chi connectivity index (χ4v) is 3.96. The summed E-state index contributed by atoms with van der Waals surface area (Å²) in [6.07, 6.45) is 9.89. The molecule has 1 aliphatic carbocycles. The number of nitrogens with zero attached hydrogens (tertiary/aromatic N) is 1. The zero-order valence-electron chi connectivity index (χ0n) is 13.8. The summed E-state index contributed by atoms with van der Waals surface area (Å²) >= 11 is 0. The van der Waals surface area contributed by atoms with Crippen LogP contribution < -0.4 is 4.74 Å². The monoisotopic (exact) mass is 299 g/mol. The second kappa shape index (κ2) is 5.86. The van der Waals surface area contributed by atoms with Gasteiger partial charge in [-0.3, -0.25) is 0 Å². The minimum atomic E-state index is -0.202. The topological polar surface area (TPSA) is 38.7 Å². The molecule has 1 heterocycles. The molecule has 22 heavy (non-hydrogen) atoms. The number of hydrogen-bond acceptors (Lipinski definition) is 3. The smallest absolute Gasteiger partial charge is 0.126 e. The van der Waals surface area contributed by atoms with Gasteiger partial charge in [0, 0.05) is 17.4 Å². The van der Waals surface area contributed by atoms with E-state index in [1.54, 1.807) is 0 Å². The summed E-state index contributed by atoms with van der Waals surface area (Å²) < 4.78 is 6.32. The first-order valence-electron chi connectivity index (χ1n) is 8.42. The molecule has 0 fully saturated rings. The lowest BCUT2D eigenvalue weighted by atomic mass is 9.69. The van der Waals surface area contributed by atoms with Crippen molar-refractivity contribution in [3.8, 4) is 5.75 Å². The van der Waals surface area contributed by atoms with Crippen LogP contribution in [-0.2, 0) is 6.42 Å². The van der Waals surface area contributed by atoms with Crippen LogP contribution in [0.25, 0.3) is 0 Å². The second-order valence-corrected chi connectivity index (χ2v) is 7.06. The highest BCUT2D eigenvalue weighted by Crippen LogP contribution is 2.52. The van der Waals surface area contributed by atoms with E-state index < -0.39 is 0 Å². The fraction of sp³-hybridized carbons (Fsp3) is 0.579. The molecule has 0 bridgehead atoms. The van der Waals surface area contributed by atoms with Gasteiger partial charge in [0.2, 0.25) is 0 Å². The van der Waals surface area contributed by atoms with Gasteiger partial charge >= 0.3 is 0 Å². The molecule has 0 aromatic heterocycles. The Labute approximate surface area is 132 Å². The van der Waals surface area contributed by atoms with Gasteiger partial charge in [-0.15, -0.1) is 4.91 Å². The van der Waals surface area contributed by atoms with Crippen molar-refractivity contribution in [2.75, 3.05) is 0 Å². The summed E-state index contributed by atoms with van der Waals surface area (Å²) in [6, 6.07) is 4.09. The second-order valence-electron chi connectivity index (χ2n) is 7.06. The number of rotatable bonds is 4. The molecule has 2 unspecified atom stereocenters.